The second-order valence-electron chi connectivity index (χ2n) is 27.2. The molecule has 0 saturated carbocycles. The van der Waals surface area contributed by atoms with Crippen LogP contribution in [0, 0.1) is 0 Å². The van der Waals surface area contributed by atoms with Crippen molar-refractivity contribution >= 4 is 44.7 Å². The van der Waals surface area contributed by atoms with E-state index in [1.54, 1.807) is 0 Å². The number of fused-ring (bicyclic) bond motifs is 16. The van der Waals surface area contributed by atoms with E-state index in [4.69, 9.17) is 0 Å². The number of anilines is 4. The highest BCUT2D eigenvalue weighted by Gasteiger charge is 2.55. The maximum atomic E-state index is 2.56. The van der Waals surface area contributed by atoms with Gasteiger partial charge in [-0.05, 0) is 178 Å². The van der Waals surface area contributed by atoms with E-state index in [1.807, 2.05) is 0 Å². The third-order valence-corrected chi connectivity index (χ3v) is 22.6. The molecule has 462 valence electrons. The van der Waals surface area contributed by atoms with Crippen LogP contribution in [0.2, 0.25) is 0 Å². The van der Waals surface area contributed by atoms with Crippen LogP contribution in [0.25, 0.3) is 44.2 Å². The molecule has 2 heterocycles. The first-order valence-corrected chi connectivity index (χ1v) is 34.2. The lowest BCUT2D eigenvalue weighted by molar-refractivity contribution is 0.675. The standard InChI is InChI=1S/C95H72N2/c1-63-33-28-54-76(73-47-30-58-85-90(73)93(66-36-10-6-11-37-66,67-38-12-7-13-39-67)79-52-24-26-56-83(79)96(85)4)92(3,82-55-31-59-86-91(82)94(68-40-14-8-15-41-68,69-42-16-9-17-43-69)80-53-25-27-57-84(80)97(86)5)62-32-34-64(2)87(63)74-48-29-49-75-88-70-44-19-18-35-65(70)60-61-81(88)95(89(74)75)77-50-22-20-45-71(77)72-46-21-23-51-78(72)95/h6-62H,1-5H3/b33-28?,62-32-,64-34+,76-54+,87-63?. The molecule has 1 unspecified atom stereocenters. The SMILES string of the molecule is CC1=C(c2cccc3c2C2(c4ccccc4-c4ccccc42)c2ccc4ccccc4c2-3)/C(C)=C/C=C\C(C)(c2cccc3c2C(c2ccccc2)(c2ccccc2)c2ccccc2N3C)/C(c2cccc3c2C(c2ccccc2)(c2ccccc2)c2ccccc2N3C)=C/C=C1. The minimum absolute atomic E-state index is 0.589. The van der Waals surface area contributed by atoms with Crippen LogP contribution < -0.4 is 9.80 Å². The van der Waals surface area contributed by atoms with E-state index in [2.05, 4.69) is 391 Å². The molecular formula is C95H72N2. The van der Waals surface area contributed by atoms with Gasteiger partial charge < -0.3 is 9.80 Å². The average molecular weight is 1240 g/mol. The molecule has 2 heteroatoms. The number of hydrogen-bond acceptors (Lipinski definition) is 2. The predicted molar refractivity (Wildman–Crippen MR) is 406 cm³/mol. The Hall–Kier alpha value is -11.6. The van der Waals surface area contributed by atoms with E-state index < -0.39 is 21.7 Å². The van der Waals surface area contributed by atoms with Gasteiger partial charge in [0.25, 0.3) is 0 Å². The minimum Gasteiger partial charge on any atom is -0.344 e. The molecule has 18 rings (SSSR count). The van der Waals surface area contributed by atoms with E-state index in [1.165, 1.54) is 150 Å². The number of rotatable bonds is 7. The molecule has 0 amide bonds. The highest BCUT2D eigenvalue weighted by molar-refractivity contribution is 6.08. The predicted octanol–water partition coefficient (Wildman–Crippen LogP) is 23.0. The van der Waals surface area contributed by atoms with Gasteiger partial charge in [-0.1, -0.05) is 322 Å². The molecule has 2 nitrogen and oxygen atoms in total. The van der Waals surface area contributed by atoms with Crippen molar-refractivity contribution in [3.63, 3.8) is 0 Å². The first-order valence-electron chi connectivity index (χ1n) is 34.2. The van der Waals surface area contributed by atoms with E-state index in [0.29, 0.717) is 0 Å². The van der Waals surface area contributed by atoms with Gasteiger partial charge in [0.15, 0.2) is 0 Å². The van der Waals surface area contributed by atoms with Gasteiger partial charge in [0.1, 0.15) is 0 Å². The van der Waals surface area contributed by atoms with Crippen LogP contribution in [0.4, 0.5) is 22.7 Å². The Morgan fingerprint density at radius 1 is 0.299 bits per heavy atom. The number of para-hydroxylation sites is 2. The lowest BCUT2D eigenvalue weighted by Gasteiger charge is -2.49. The zero-order valence-electron chi connectivity index (χ0n) is 55.3. The molecule has 0 N–H and O–H groups in total. The first kappa shape index (κ1) is 58.0. The fraction of sp³-hybridized carbons (Fsp3) is 0.0947. The fourth-order valence-corrected chi connectivity index (χ4v) is 18.7. The molecular weight excluding hydrogens is 1170 g/mol. The van der Waals surface area contributed by atoms with Gasteiger partial charge in [-0.2, -0.15) is 0 Å². The summed E-state index contributed by atoms with van der Waals surface area (Å²) in [5.74, 6) is 0. The Bertz CT molecular complexity index is 5400. The van der Waals surface area contributed by atoms with Crippen molar-refractivity contribution in [3.05, 3.63) is 440 Å². The van der Waals surface area contributed by atoms with Crippen molar-refractivity contribution < 1.29 is 0 Å². The number of benzene rings is 13. The Morgan fingerprint density at radius 3 is 1.32 bits per heavy atom. The summed E-state index contributed by atoms with van der Waals surface area (Å²) in [5.41, 5.74) is 30.4. The van der Waals surface area contributed by atoms with Crippen LogP contribution in [0.15, 0.2) is 357 Å². The van der Waals surface area contributed by atoms with Gasteiger partial charge in [0.2, 0.25) is 0 Å². The van der Waals surface area contributed by atoms with Gasteiger partial charge in [0, 0.05) is 47.8 Å². The molecule has 2 aliphatic heterocycles. The summed E-state index contributed by atoms with van der Waals surface area (Å²) in [4.78, 5) is 4.89. The summed E-state index contributed by atoms with van der Waals surface area (Å²) in [5, 5.41) is 2.52. The second-order valence-corrected chi connectivity index (χ2v) is 27.2. The lowest BCUT2D eigenvalue weighted by atomic mass is 9.56. The summed E-state index contributed by atoms with van der Waals surface area (Å²) in [6.45, 7) is 7.21. The summed E-state index contributed by atoms with van der Waals surface area (Å²) >= 11 is 0. The normalized spacial score (nSPS) is 18.6. The zero-order chi connectivity index (χ0) is 65.2. The molecule has 0 bridgehead atoms. The third-order valence-electron chi connectivity index (χ3n) is 22.6. The van der Waals surface area contributed by atoms with E-state index in [0.717, 1.165) is 11.4 Å². The minimum atomic E-state index is -0.866. The maximum Gasteiger partial charge on any atom is 0.0748 e. The molecule has 1 spiro atoms. The van der Waals surface area contributed by atoms with Crippen molar-refractivity contribution in [3.8, 4) is 22.3 Å². The van der Waals surface area contributed by atoms with Crippen LogP contribution in [-0.2, 0) is 21.7 Å². The van der Waals surface area contributed by atoms with E-state index in [-0.39, 0.29) is 0 Å². The molecule has 5 aliphatic rings. The summed E-state index contributed by atoms with van der Waals surface area (Å²) in [7, 11) is 4.53. The Balaban J connectivity index is 0.961. The molecule has 97 heavy (non-hydrogen) atoms. The first-order chi connectivity index (χ1) is 47.7. The van der Waals surface area contributed by atoms with Crippen molar-refractivity contribution in [1.82, 2.24) is 0 Å². The lowest BCUT2D eigenvalue weighted by Crippen LogP contribution is -2.41. The van der Waals surface area contributed by atoms with Gasteiger partial charge in [0.05, 0.1) is 16.2 Å². The summed E-state index contributed by atoms with van der Waals surface area (Å²) in [6.07, 6.45) is 14.7. The molecule has 0 fully saturated rings. The van der Waals surface area contributed by atoms with Crippen molar-refractivity contribution in [2.75, 3.05) is 23.9 Å². The number of hydrogen-bond donors (Lipinski definition) is 0. The van der Waals surface area contributed by atoms with Crippen molar-refractivity contribution in [2.45, 2.75) is 42.4 Å². The topological polar surface area (TPSA) is 6.48 Å². The molecule has 0 aromatic heterocycles. The van der Waals surface area contributed by atoms with Gasteiger partial charge in [-0.25, -0.2) is 0 Å². The Morgan fingerprint density at radius 2 is 0.732 bits per heavy atom. The zero-order valence-corrected chi connectivity index (χ0v) is 55.3. The van der Waals surface area contributed by atoms with Gasteiger partial charge in [-0.15, -0.1) is 0 Å². The smallest absolute Gasteiger partial charge is 0.0748 e. The van der Waals surface area contributed by atoms with Crippen LogP contribution in [0.3, 0.4) is 0 Å². The second kappa shape index (κ2) is 22.3. The summed E-state index contributed by atoms with van der Waals surface area (Å²) in [6, 6.07) is 117. The Kier molecular flexibility index (Phi) is 13.3. The average Bonchev–Trinajstić information content (AvgIpc) is 1.65. The highest BCUT2D eigenvalue weighted by atomic mass is 15.1. The van der Waals surface area contributed by atoms with Crippen molar-refractivity contribution in [1.29, 1.82) is 0 Å². The van der Waals surface area contributed by atoms with Crippen LogP contribution in [-0.4, -0.2) is 14.1 Å². The molecule has 1 atom stereocenters. The summed E-state index contributed by atoms with van der Waals surface area (Å²) < 4.78 is 0. The molecule has 3 aliphatic carbocycles. The molecule has 0 saturated heterocycles. The third kappa shape index (κ3) is 8.02. The number of allylic oxidation sites excluding steroid dienone is 10. The van der Waals surface area contributed by atoms with Gasteiger partial charge >= 0.3 is 0 Å². The van der Waals surface area contributed by atoms with E-state index >= 15 is 0 Å². The van der Waals surface area contributed by atoms with Crippen molar-refractivity contribution in [2.24, 2.45) is 0 Å². The molecule has 13 aromatic rings. The fourth-order valence-electron chi connectivity index (χ4n) is 18.7. The van der Waals surface area contributed by atoms with E-state index in [9.17, 15) is 0 Å². The van der Waals surface area contributed by atoms with Gasteiger partial charge in [-0.3, -0.25) is 0 Å². The van der Waals surface area contributed by atoms with Crippen LogP contribution in [0.5, 0.6) is 0 Å². The molecule has 13 aromatic carbocycles. The monoisotopic (exact) mass is 1240 g/mol. The number of nitrogens with zero attached hydrogens (tertiary/aromatic N) is 2. The maximum absolute atomic E-state index is 2.56. The molecule has 0 radical (unpaired) electrons. The van der Waals surface area contributed by atoms with Crippen LogP contribution >= 0.6 is 0 Å². The largest absolute Gasteiger partial charge is 0.344 e. The highest BCUT2D eigenvalue weighted by Crippen LogP contribution is 2.67. The Labute approximate surface area is 570 Å². The quantitative estimate of drug-likeness (QED) is 0.157. The van der Waals surface area contributed by atoms with Crippen LogP contribution in [0.1, 0.15) is 104 Å².